The van der Waals surface area contributed by atoms with E-state index in [-0.39, 0.29) is 18.3 Å². The van der Waals surface area contributed by atoms with Gasteiger partial charge in [0.15, 0.2) is 0 Å². The molecular weight excluding hydrogens is 429 g/mol. The van der Waals surface area contributed by atoms with Crippen LogP contribution in [0, 0.1) is 5.82 Å². The molecule has 0 saturated heterocycles. The first-order valence-electron chi connectivity index (χ1n) is 10.4. The van der Waals surface area contributed by atoms with E-state index < -0.39 is 0 Å². The first kappa shape index (κ1) is 21.8. The minimum Gasteiger partial charge on any atom is -0.497 e. The van der Waals surface area contributed by atoms with Gasteiger partial charge in [0.05, 0.1) is 24.7 Å². The molecule has 164 valence electrons. The Bertz CT molecular complexity index is 1230. The maximum absolute atomic E-state index is 14.4. The summed E-state index contributed by atoms with van der Waals surface area (Å²) in [7, 11) is 1.57. The lowest BCUT2D eigenvalue weighted by molar-refractivity contribution is 0.0953. The number of nitrogens with zero attached hydrogens (tertiary/aromatic N) is 2. The third-order valence-corrected chi connectivity index (χ3v) is 5.66. The summed E-state index contributed by atoms with van der Waals surface area (Å²) in [6.45, 7) is 0.775. The van der Waals surface area contributed by atoms with Crippen molar-refractivity contribution in [2.75, 3.05) is 13.7 Å². The number of hydrogen-bond acceptors (Lipinski definition) is 3. The molecule has 0 aliphatic carbocycles. The number of benzene rings is 3. The van der Waals surface area contributed by atoms with E-state index in [0.717, 1.165) is 16.9 Å². The number of halogens is 2. The first-order chi connectivity index (χ1) is 15.6. The van der Waals surface area contributed by atoms with Crippen LogP contribution < -0.4 is 10.1 Å². The highest BCUT2D eigenvalue weighted by molar-refractivity contribution is 6.31. The fraction of sp³-hybridized carbons (Fsp3) is 0.200. The molecule has 0 aliphatic heterocycles. The van der Waals surface area contributed by atoms with E-state index in [2.05, 4.69) is 5.32 Å². The number of aryl methyl sites for hydroxylation is 1. The predicted molar refractivity (Wildman–Crippen MR) is 124 cm³/mol. The second-order valence-electron chi connectivity index (χ2n) is 7.39. The molecule has 0 bridgehead atoms. The normalized spacial score (nSPS) is 11.0. The van der Waals surface area contributed by atoms with Gasteiger partial charge in [-0.2, -0.15) is 0 Å². The van der Waals surface area contributed by atoms with Crippen LogP contribution in [0.4, 0.5) is 4.39 Å². The Kier molecular flexibility index (Phi) is 6.71. The van der Waals surface area contributed by atoms with Crippen molar-refractivity contribution in [3.63, 3.8) is 0 Å². The first-order valence-corrected chi connectivity index (χ1v) is 10.7. The molecule has 4 aromatic rings. The van der Waals surface area contributed by atoms with Crippen molar-refractivity contribution in [3.8, 4) is 5.75 Å². The van der Waals surface area contributed by atoms with Gasteiger partial charge in [-0.25, -0.2) is 9.37 Å². The SMILES string of the molecule is COc1cccc(C(=O)NCCCc2nc3ccccc3n2Cc2c(F)cccc2Cl)c1. The molecule has 1 amide bonds. The third kappa shape index (κ3) is 4.75. The largest absolute Gasteiger partial charge is 0.497 e. The minimum absolute atomic E-state index is 0.157. The highest BCUT2D eigenvalue weighted by atomic mass is 35.5. The zero-order valence-corrected chi connectivity index (χ0v) is 18.4. The van der Waals surface area contributed by atoms with Gasteiger partial charge in [-0.05, 0) is 48.9 Å². The molecule has 5 nitrogen and oxygen atoms in total. The average molecular weight is 452 g/mol. The van der Waals surface area contributed by atoms with E-state index in [4.69, 9.17) is 21.3 Å². The second-order valence-corrected chi connectivity index (χ2v) is 7.80. The Balaban J connectivity index is 1.47. The molecule has 0 radical (unpaired) electrons. The number of amides is 1. The van der Waals surface area contributed by atoms with Crippen LogP contribution >= 0.6 is 11.6 Å². The van der Waals surface area contributed by atoms with Crippen molar-refractivity contribution < 1.29 is 13.9 Å². The number of fused-ring (bicyclic) bond motifs is 1. The average Bonchev–Trinajstić information content (AvgIpc) is 3.16. The Labute approximate surface area is 190 Å². The highest BCUT2D eigenvalue weighted by Crippen LogP contribution is 2.24. The number of nitrogens with one attached hydrogen (secondary N) is 1. The summed E-state index contributed by atoms with van der Waals surface area (Å²) < 4.78 is 21.6. The van der Waals surface area contributed by atoms with Crippen LogP contribution in [0.3, 0.4) is 0 Å². The van der Waals surface area contributed by atoms with Crippen LogP contribution in [0.2, 0.25) is 5.02 Å². The fourth-order valence-electron chi connectivity index (χ4n) is 3.65. The van der Waals surface area contributed by atoms with E-state index in [1.807, 2.05) is 28.8 Å². The molecular formula is C25H23ClFN3O2. The number of aromatic nitrogens is 2. The van der Waals surface area contributed by atoms with E-state index in [0.29, 0.717) is 41.3 Å². The Morgan fingerprint density at radius 1 is 1.12 bits per heavy atom. The molecule has 7 heteroatoms. The van der Waals surface area contributed by atoms with Crippen LogP contribution in [-0.4, -0.2) is 29.1 Å². The number of carbonyl (C=O) groups is 1. The minimum atomic E-state index is -0.341. The summed E-state index contributed by atoms with van der Waals surface area (Å²) in [6.07, 6.45) is 1.31. The van der Waals surface area contributed by atoms with Crippen LogP contribution in [0.1, 0.15) is 28.2 Å². The van der Waals surface area contributed by atoms with E-state index in [1.54, 1.807) is 43.5 Å². The summed E-state index contributed by atoms with van der Waals surface area (Å²) >= 11 is 6.26. The summed E-state index contributed by atoms with van der Waals surface area (Å²) in [6, 6.07) is 19.5. The standard InChI is InChI=1S/C25H23ClFN3O2/c1-32-18-8-4-7-17(15-18)25(31)28-14-6-13-24-29-22-11-2-3-12-23(22)30(24)16-19-20(26)9-5-10-21(19)27/h2-5,7-12,15H,6,13-14,16H2,1H3,(H,28,31). The lowest BCUT2D eigenvalue weighted by atomic mass is 10.2. The smallest absolute Gasteiger partial charge is 0.251 e. The van der Waals surface area contributed by atoms with Crippen molar-refractivity contribution in [2.24, 2.45) is 0 Å². The van der Waals surface area contributed by atoms with Gasteiger partial charge in [0.25, 0.3) is 5.91 Å². The molecule has 0 saturated carbocycles. The molecule has 1 aromatic heterocycles. The molecule has 1 heterocycles. The van der Waals surface area contributed by atoms with Crippen LogP contribution in [-0.2, 0) is 13.0 Å². The Morgan fingerprint density at radius 3 is 2.75 bits per heavy atom. The molecule has 1 N–H and O–H groups in total. The van der Waals surface area contributed by atoms with Crippen molar-refractivity contribution >= 4 is 28.5 Å². The number of rotatable bonds is 8. The van der Waals surface area contributed by atoms with Crippen molar-refractivity contribution in [3.05, 3.63) is 94.5 Å². The van der Waals surface area contributed by atoms with Crippen molar-refractivity contribution in [1.29, 1.82) is 0 Å². The molecule has 3 aromatic carbocycles. The van der Waals surface area contributed by atoms with Gasteiger partial charge in [-0.1, -0.05) is 35.9 Å². The second kappa shape index (κ2) is 9.83. The predicted octanol–water partition coefficient (Wildman–Crippen LogP) is 5.25. The van der Waals surface area contributed by atoms with E-state index in [9.17, 15) is 9.18 Å². The molecule has 4 rings (SSSR count). The molecule has 0 fully saturated rings. The van der Waals surface area contributed by atoms with Gasteiger partial charge in [-0.15, -0.1) is 0 Å². The summed E-state index contributed by atoms with van der Waals surface area (Å²) in [5.74, 6) is 0.960. The number of hydrogen-bond donors (Lipinski definition) is 1. The molecule has 0 spiro atoms. The van der Waals surface area contributed by atoms with Gasteiger partial charge in [-0.3, -0.25) is 4.79 Å². The third-order valence-electron chi connectivity index (χ3n) is 5.31. The van der Waals surface area contributed by atoms with Crippen LogP contribution in [0.25, 0.3) is 11.0 Å². The lowest BCUT2D eigenvalue weighted by Gasteiger charge is -2.12. The fourth-order valence-corrected chi connectivity index (χ4v) is 3.87. The lowest BCUT2D eigenvalue weighted by Crippen LogP contribution is -2.25. The topological polar surface area (TPSA) is 56.1 Å². The van der Waals surface area contributed by atoms with E-state index in [1.165, 1.54) is 6.07 Å². The zero-order chi connectivity index (χ0) is 22.5. The number of ether oxygens (including phenoxy) is 1. The summed E-state index contributed by atoms with van der Waals surface area (Å²) in [5, 5.41) is 3.32. The number of carbonyl (C=O) groups excluding carboxylic acids is 1. The molecule has 32 heavy (non-hydrogen) atoms. The van der Waals surface area contributed by atoms with Gasteiger partial charge in [0.2, 0.25) is 0 Å². The van der Waals surface area contributed by atoms with Gasteiger partial charge in [0, 0.05) is 29.1 Å². The highest BCUT2D eigenvalue weighted by Gasteiger charge is 2.15. The van der Waals surface area contributed by atoms with Gasteiger partial charge >= 0.3 is 0 Å². The van der Waals surface area contributed by atoms with Gasteiger partial charge < -0.3 is 14.6 Å². The molecule has 0 unspecified atom stereocenters. The van der Waals surface area contributed by atoms with Crippen molar-refractivity contribution in [1.82, 2.24) is 14.9 Å². The zero-order valence-electron chi connectivity index (χ0n) is 17.6. The monoisotopic (exact) mass is 451 g/mol. The van der Waals surface area contributed by atoms with Gasteiger partial charge in [0.1, 0.15) is 17.4 Å². The number of imidazole rings is 1. The molecule has 0 aliphatic rings. The van der Waals surface area contributed by atoms with E-state index >= 15 is 0 Å². The number of methoxy groups -OCH3 is 1. The summed E-state index contributed by atoms with van der Waals surface area (Å²) in [5.41, 5.74) is 2.74. The van der Waals surface area contributed by atoms with Crippen LogP contribution in [0.5, 0.6) is 5.75 Å². The number of para-hydroxylation sites is 2. The maximum Gasteiger partial charge on any atom is 0.251 e. The quantitative estimate of drug-likeness (QED) is 0.372. The summed E-state index contributed by atoms with van der Waals surface area (Å²) in [4.78, 5) is 17.1. The Morgan fingerprint density at radius 2 is 1.94 bits per heavy atom. The maximum atomic E-state index is 14.4. The molecule has 0 atom stereocenters. The Hall–Kier alpha value is -3.38. The van der Waals surface area contributed by atoms with Crippen LogP contribution in [0.15, 0.2) is 66.7 Å². The van der Waals surface area contributed by atoms with Crippen molar-refractivity contribution in [2.45, 2.75) is 19.4 Å².